The van der Waals surface area contributed by atoms with Gasteiger partial charge in [0.1, 0.15) is 0 Å². The fourth-order valence-electron chi connectivity index (χ4n) is 4.67. The molecule has 0 aromatic heterocycles. The fourth-order valence-corrected chi connectivity index (χ4v) is 4.67. The molecule has 2 saturated heterocycles. The van der Waals surface area contributed by atoms with E-state index in [4.69, 9.17) is 14.2 Å². The topological polar surface area (TPSA) is 68.3 Å². The number of fused-ring (bicyclic) bond motifs is 1. The van der Waals surface area contributed by atoms with Gasteiger partial charge in [-0.1, -0.05) is 6.07 Å². The Morgan fingerprint density at radius 2 is 1.80 bits per heavy atom. The van der Waals surface area contributed by atoms with Crippen molar-refractivity contribution in [3.05, 3.63) is 23.8 Å². The minimum Gasteiger partial charge on any atom is -0.490 e. The number of carbonyl (C=O) groups excluding carboxylic acids is 2. The normalized spacial score (nSPS) is 22.6. The van der Waals surface area contributed by atoms with E-state index in [1.807, 2.05) is 24.0 Å². The number of carbonyl (C=O) groups is 2. The third kappa shape index (κ3) is 4.72. The SMILES string of the molecule is CCOC(=O)C1CCN(CC(=O)N2CCC[C@@H]2c2ccc3c(c2)OCCCO3)CC1. The van der Waals surface area contributed by atoms with Gasteiger partial charge in [-0.05, 0) is 63.4 Å². The van der Waals surface area contributed by atoms with E-state index < -0.39 is 0 Å². The molecule has 164 valence electrons. The van der Waals surface area contributed by atoms with Gasteiger partial charge in [-0.2, -0.15) is 0 Å². The van der Waals surface area contributed by atoms with Gasteiger partial charge in [0.05, 0.1) is 38.3 Å². The number of hydrogen-bond acceptors (Lipinski definition) is 6. The van der Waals surface area contributed by atoms with Crippen LogP contribution < -0.4 is 9.47 Å². The number of amides is 1. The van der Waals surface area contributed by atoms with E-state index >= 15 is 0 Å². The summed E-state index contributed by atoms with van der Waals surface area (Å²) in [5.41, 5.74) is 1.12. The van der Waals surface area contributed by atoms with Gasteiger partial charge in [-0.25, -0.2) is 0 Å². The highest BCUT2D eigenvalue weighted by atomic mass is 16.5. The van der Waals surface area contributed by atoms with Crippen LogP contribution in [0.2, 0.25) is 0 Å². The van der Waals surface area contributed by atoms with E-state index in [0.29, 0.717) is 26.4 Å². The fraction of sp³-hybridized carbons (Fsp3) is 0.652. The van der Waals surface area contributed by atoms with Crippen LogP contribution in [0, 0.1) is 5.92 Å². The highest BCUT2D eigenvalue weighted by molar-refractivity contribution is 5.79. The van der Waals surface area contributed by atoms with Gasteiger partial charge in [0, 0.05) is 13.0 Å². The van der Waals surface area contributed by atoms with Gasteiger partial charge in [-0.3, -0.25) is 14.5 Å². The summed E-state index contributed by atoms with van der Waals surface area (Å²) in [6.07, 6.45) is 4.38. The van der Waals surface area contributed by atoms with Crippen LogP contribution in [-0.2, 0) is 14.3 Å². The predicted octanol–water partition coefficient (Wildman–Crippen LogP) is 2.79. The Kier molecular flexibility index (Phi) is 6.77. The number of hydrogen-bond donors (Lipinski definition) is 0. The van der Waals surface area contributed by atoms with Crippen LogP contribution in [0.4, 0.5) is 0 Å². The molecule has 3 aliphatic heterocycles. The highest BCUT2D eigenvalue weighted by Gasteiger charge is 2.33. The molecular weight excluding hydrogens is 384 g/mol. The zero-order valence-electron chi connectivity index (χ0n) is 17.8. The molecule has 0 saturated carbocycles. The van der Waals surface area contributed by atoms with Crippen LogP contribution >= 0.6 is 0 Å². The van der Waals surface area contributed by atoms with Gasteiger partial charge in [-0.15, -0.1) is 0 Å². The lowest BCUT2D eigenvalue weighted by Crippen LogP contribution is -2.44. The highest BCUT2D eigenvalue weighted by Crippen LogP contribution is 2.38. The van der Waals surface area contributed by atoms with Crippen LogP contribution in [0.15, 0.2) is 18.2 Å². The monoisotopic (exact) mass is 416 g/mol. The summed E-state index contributed by atoms with van der Waals surface area (Å²) in [6.45, 7) is 6.32. The van der Waals surface area contributed by atoms with E-state index in [1.165, 1.54) is 0 Å². The lowest BCUT2D eigenvalue weighted by Gasteiger charge is -2.33. The van der Waals surface area contributed by atoms with E-state index in [1.54, 1.807) is 0 Å². The van der Waals surface area contributed by atoms with Gasteiger partial charge >= 0.3 is 5.97 Å². The smallest absolute Gasteiger partial charge is 0.309 e. The minimum atomic E-state index is -0.0995. The second-order valence-electron chi connectivity index (χ2n) is 8.30. The summed E-state index contributed by atoms with van der Waals surface area (Å²) in [5, 5.41) is 0. The standard InChI is InChI=1S/C23H32N2O5/c1-2-28-23(27)17-8-11-24(12-9-17)16-22(26)25-10-3-5-19(25)18-6-7-20-21(15-18)30-14-4-13-29-20/h6-7,15,17,19H,2-5,8-14,16H2,1H3/t19-/m1/s1. The predicted molar refractivity (Wildman–Crippen MR) is 112 cm³/mol. The van der Waals surface area contributed by atoms with Crippen molar-refractivity contribution >= 4 is 11.9 Å². The maximum absolute atomic E-state index is 13.1. The van der Waals surface area contributed by atoms with Crippen molar-refractivity contribution in [2.45, 2.75) is 45.1 Å². The Bertz CT molecular complexity index is 760. The number of likely N-dealkylation sites (tertiary alicyclic amines) is 2. The van der Waals surface area contributed by atoms with Crippen molar-refractivity contribution in [1.29, 1.82) is 0 Å². The molecule has 3 aliphatic rings. The summed E-state index contributed by atoms with van der Waals surface area (Å²) < 4.78 is 16.7. The lowest BCUT2D eigenvalue weighted by atomic mass is 9.97. The van der Waals surface area contributed by atoms with Gasteiger partial charge < -0.3 is 19.1 Å². The minimum absolute atomic E-state index is 0.0300. The molecule has 2 fully saturated rings. The Labute approximate surface area is 178 Å². The second-order valence-corrected chi connectivity index (χ2v) is 8.30. The molecule has 0 N–H and O–H groups in total. The Morgan fingerprint density at radius 3 is 2.57 bits per heavy atom. The van der Waals surface area contributed by atoms with Crippen molar-refractivity contribution in [2.75, 3.05) is 46.0 Å². The van der Waals surface area contributed by atoms with Crippen molar-refractivity contribution < 1.29 is 23.8 Å². The van der Waals surface area contributed by atoms with Crippen LogP contribution in [0.5, 0.6) is 11.5 Å². The molecule has 7 heteroatoms. The second kappa shape index (κ2) is 9.69. The first-order valence-electron chi connectivity index (χ1n) is 11.2. The van der Waals surface area contributed by atoms with Crippen LogP contribution in [0.1, 0.15) is 50.6 Å². The number of piperidine rings is 1. The molecule has 3 heterocycles. The Hall–Kier alpha value is -2.28. The number of ether oxygens (including phenoxy) is 3. The molecule has 1 amide bonds. The van der Waals surface area contributed by atoms with E-state index in [0.717, 1.165) is 68.8 Å². The maximum Gasteiger partial charge on any atom is 0.309 e. The molecule has 0 aliphatic carbocycles. The molecule has 30 heavy (non-hydrogen) atoms. The van der Waals surface area contributed by atoms with Gasteiger partial charge in [0.25, 0.3) is 0 Å². The first-order valence-corrected chi connectivity index (χ1v) is 11.2. The summed E-state index contributed by atoms with van der Waals surface area (Å²) >= 11 is 0. The van der Waals surface area contributed by atoms with Crippen LogP contribution in [0.25, 0.3) is 0 Å². The molecule has 0 radical (unpaired) electrons. The van der Waals surface area contributed by atoms with Crippen molar-refractivity contribution in [3.63, 3.8) is 0 Å². The third-order valence-corrected chi connectivity index (χ3v) is 6.30. The number of nitrogens with zero attached hydrogens (tertiary/aromatic N) is 2. The quantitative estimate of drug-likeness (QED) is 0.688. The Balaban J connectivity index is 1.35. The molecule has 0 spiro atoms. The van der Waals surface area contributed by atoms with Crippen molar-refractivity contribution in [3.8, 4) is 11.5 Å². The van der Waals surface area contributed by atoms with Gasteiger partial charge in [0.15, 0.2) is 11.5 Å². The zero-order chi connectivity index (χ0) is 20.9. The summed E-state index contributed by atoms with van der Waals surface area (Å²) in [4.78, 5) is 29.2. The summed E-state index contributed by atoms with van der Waals surface area (Å²) in [5.74, 6) is 1.61. The van der Waals surface area contributed by atoms with Crippen molar-refractivity contribution in [2.24, 2.45) is 5.92 Å². The summed E-state index contributed by atoms with van der Waals surface area (Å²) in [6, 6.07) is 6.17. The van der Waals surface area contributed by atoms with E-state index in [9.17, 15) is 9.59 Å². The Morgan fingerprint density at radius 1 is 1.03 bits per heavy atom. The number of rotatable bonds is 5. The first kappa shape index (κ1) is 21.0. The number of benzene rings is 1. The van der Waals surface area contributed by atoms with Crippen LogP contribution in [0.3, 0.4) is 0 Å². The molecular formula is C23H32N2O5. The summed E-state index contributed by atoms with van der Waals surface area (Å²) in [7, 11) is 0. The van der Waals surface area contributed by atoms with E-state index in [2.05, 4.69) is 11.0 Å². The maximum atomic E-state index is 13.1. The largest absolute Gasteiger partial charge is 0.490 e. The lowest BCUT2D eigenvalue weighted by molar-refractivity contribution is -0.149. The molecule has 0 bridgehead atoms. The average Bonchev–Trinajstić information content (AvgIpc) is 3.13. The molecule has 1 aromatic carbocycles. The van der Waals surface area contributed by atoms with E-state index in [-0.39, 0.29) is 23.8 Å². The zero-order valence-corrected chi connectivity index (χ0v) is 17.8. The van der Waals surface area contributed by atoms with Gasteiger partial charge in [0.2, 0.25) is 5.91 Å². The number of esters is 1. The molecule has 0 unspecified atom stereocenters. The molecule has 7 nitrogen and oxygen atoms in total. The van der Waals surface area contributed by atoms with Crippen molar-refractivity contribution in [1.82, 2.24) is 9.80 Å². The molecule has 1 atom stereocenters. The first-order chi connectivity index (χ1) is 14.7. The average molecular weight is 417 g/mol. The third-order valence-electron chi connectivity index (χ3n) is 6.30. The molecule has 4 rings (SSSR count). The van der Waals surface area contributed by atoms with Crippen LogP contribution in [-0.4, -0.2) is 67.7 Å². The molecule has 1 aromatic rings.